The molecular weight excluding hydrogens is 454 g/mol. The fraction of sp³-hybridized carbons (Fsp3) is 0.286. The number of benzene rings is 1. The Morgan fingerprint density at radius 2 is 1.97 bits per heavy atom. The largest absolute Gasteiger partial charge is 0.481 e. The first-order chi connectivity index (χ1) is 14.7. The highest BCUT2D eigenvalue weighted by molar-refractivity contribution is 8.26. The molecule has 31 heavy (non-hydrogen) atoms. The summed E-state index contributed by atoms with van der Waals surface area (Å²) in [6.07, 6.45) is 1.96. The van der Waals surface area contributed by atoms with Gasteiger partial charge in [-0.05, 0) is 37.5 Å². The smallest absolute Gasteiger partial charge is 0.303 e. The van der Waals surface area contributed by atoms with Gasteiger partial charge in [-0.3, -0.25) is 24.2 Å². The van der Waals surface area contributed by atoms with Gasteiger partial charge in [0.05, 0.1) is 16.3 Å². The van der Waals surface area contributed by atoms with E-state index in [1.807, 2.05) is 32.0 Å². The van der Waals surface area contributed by atoms with Crippen LogP contribution < -0.4 is 4.90 Å². The number of para-hydroxylation sites is 1. The molecule has 1 aromatic carbocycles. The van der Waals surface area contributed by atoms with Crippen molar-refractivity contribution in [3.05, 3.63) is 45.3 Å². The summed E-state index contributed by atoms with van der Waals surface area (Å²) < 4.78 is 0.401. The lowest BCUT2D eigenvalue weighted by Gasteiger charge is -2.22. The Hall–Kier alpha value is -2.56. The molecule has 2 aromatic rings. The van der Waals surface area contributed by atoms with Gasteiger partial charge in [-0.15, -0.1) is 11.3 Å². The van der Waals surface area contributed by atoms with Gasteiger partial charge in [0.25, 0.3) is 5.91 Å². The number of hydrogen-bond donors (Lipinski definition) is 1. The Morgan fingerprint density at radius 3 is 2.58 bits per heavy atom. The molecule has 162 valence electrons. The Bertz CT molecular complexity index is 1070. The molecule has 2 heterocycles. The Labute approximate surface area is 193 Å². The number of nitrogens with zero attached hydrogens (tertiary/aromatic N) is 3. The van der Waals surface area contributed by atoms with Crippen LogP contribution in [-0.2, 0) is 14.4 Å². The van der Waals surface area contributed by atoms with E-state index in [0.29, 0.717) is 26.5 Å². The van der Waals surface area contributed by atoms with Gasteiger partial charge in [0, 0.05) is 25.3 Å². The second-order valence-corrected chi connectivity index (χ2v) is 9.49. The summed E-state index contributed by atoms with van der Waals surface area (Å²) in [5.41, 5.74) is 3.30. The Kier molecular flexibility index (Phi) is 7.24. The van der Waals surface area contributed by atoms with Crippen molar-refractivity contribution in [2.45, 2.75) is 33.6 Å². The molecule has 1 saturated heterocycles. The van der Waals surface area contributed by atoms with Crippen molar-refractivity contribution in [2.75, 3.05) is 11.4 Å². The zero-order valence-corrected chi connectivity index (χ0v) is 19.7. The highest BCUT2D eigenvalue weighted by atomic mass is 32.2. The Balaban J connectivity index is 1.84. The number of aromatic nitrogens is 1. The van der Waals surface area contributed by atoms with Crippen molar-refractivity contribution >= 4 is 74.3 Å². The molecule has 0 unspecified atom stereocenters. The number of hydrogen-bond acceptors (Lipinski definition) is 7. The van der Waals surface area contributed by atoms with E-state index in [1.54, 1.807) is 16.4 Å². The van der Waals surface area contributed by atoms with Crippen LogP contribution in [0.5, 0.6) is 0 Å². The van der Waals surface area contributed by atoms with Crippen molar-refractivity contribution < 1.29 is 19.5 Å². The summed E-state index contributed by atoms with van der Waals surface area (Å²) in [4.78, 5) is 43.8. The summed E-state index contributed by atoms with van der Waals surface area (Å²) in [6, 6.07) is 5.84. The molecule has 2 amide bonds. The summed E-state index contributed by atoms with van der Waals surface area (Å²) >= 11 is 7.76. The van der Waals surface area contributed by atoms with E-state index < -0.39 is 5.97 Å². The minimum absolute atomic E-state index is 0.0231. The fourth-order valence-electron chi connectivity index (χ4n) is 3.21. The molecule has 1 aliphatic heterocycles. The maximum absolute atomic E-state index is 12.7. The summed E-state index contributed by atoms with van der Waals surface area (Å²) in [7, 11) is 0. The zero-order valence-electron chi connectivity index (χ0n) is 17.2. The number of aryl methyl sites for hydroxylation is 2. The Morgan fingerprint density at radius 1 is 1.29 bits per heavy atom. The maximum atomic E-state index is 12.7. The number of amides is 2. The van der Waals surface area contributed by atoms with Crippen LogP contribution in [-0.4, -0.2) is 43.6 Å². The third kappa shape index (κ3) is 5.20. The maximum Gasteiger partial charge on any atom is 0.303 e. The van der Waals surface area contributed by atoms with Crippen molar-refractivity contribution in [3.63, 3.8) is 0 Å². The van der Waals surface area contributed by atoms with Gasteiger partial charge in [-0.1, -0.05) is 42.2 Å². The van der Waals surface area contributed by atoms with Gasteiger partial charge in [0.15, 0.2) is 5.13 Å². The van der Waals surface area contributed by atoms with E-state index in [1.165, 1.54) is 34.9 Å². The number of thioether (sulfide) groups is 1. The van der Waals surface area contributed by atoms with E-state index in [9.17, 15) is 14.4 Å². The molecular formula is C21H21N3O4S3. The van der Waals surface area contributed by atoms with Gasteiger partial charge >= 0.3 is 5.97 Å². The highest BCUT2D eigenvalue weighted by Gasteiger charge is 2.32. The minimum atomic E-state index is -0.907. The molecule has 1 fully saturated rings. The van der Waals surface area contributed by atoms with Gasteiger partial charge < -0.3 is 5.11 Å². The van der Waals surface area contributed by atoms with E-state index in [0.717, 1.165) is 16.8 Å². The molecule has 0 aliphatic carbocycles. The van der Waals surface area contributed by atoms with Crippen LogP contribution in [0.15, 0.2) is 28.5 Å². The third-order valence-electron chi connectivity index (χ3n) is 4.60. The molecule has 0 bridgehead atoms. The molecule has 3 rings (SSSR count). The average molecular weight is 476 g/mol. The van der Waals surface area contributed by atoms with Crippen LogP contribution in [0.4, 0.5) is 10.8 Å². The normalized spacial score (nSPS) is 15.1. The topological polar surface area (TPSA) is 90.8 Å². The number of rotatable bonds is 7. The summed E-state index contributed by atoms with van der Waals surface area (Å²) in [6.45, 7) is 5.65. The van der Waals surface area contributed by atoms with E-state index in [4.69, 9.17) is 17.3 Å². The number of carbonyl (C=O) groups excluding carboxylic acids is 2. The van der Waals surface area contributed by atoms with Crippen LogP contribution in [0.25, 0.3) is 6.08 Å². The lowest BCUT2D eigenvalue weighted by Crippen LogP contribution is -2.29. The molecule has 0 radical (unpaired) electrons. The van der Waals surface area contributed by atoms with E-state index >= 15 is 0 Å². The number of carboxylic acids is 1. The number of aliphatic carboxylic acids is 1. The lowest BCUT2D eigenvalue weighted by molar-refractivity contribution is -0.137. The number of thiocarbonyl (C=S) groups is 1. The molecule has 1 N–H and O–H groups in total. The van der Waals surface area contributed by atoms with Crippen molar-refractivity contribution in [2.24, 2.45) is 0 Å². The molecule has 0 atom stereocenters. The van der Waals surface area contributed by atoms with Crippen LogP contribution in [0.2, 0.25) is 0 Å². The number of carboxylic acid groups (broad SMARTS) is 1. The van der Waals surface area contributed by atoms with Crippen LogP contribution in [0.1, 0.15) is 36.6 Å². The number of anilines is 2. The highest BCUT2D eigenvalue weighted by Crippen LogP contribution is 2.36. The second kappa shape index (κ2) is 9.71. The third-order valence-corrected chi connectivity index (χ3v) is 6.83. The van der Waals surface area contributed by atoms with E-state index in [2.05, 4.69) is 4.98 Å². The summed E-state index contributed by atoms with van der Waals surface area (Å²) in [5, 5.41) is 11.1. The van der Waals surface area contributed by atoms with Crippen molar-refractivity contribution in [1.29, 1.82) is 0 Å². The average Bonchev–Trinajstić information content (AvgIpc) is 3.24. The molecule has 7 nitrogen and oxygen atoms in total. The van der Waals surface area contributed by atoms with Gasteiger partial charge in [-0.25, -0.2) is 4.98 Å². The number of carbonyl (C=O) groups is 3. The standard InChI is InChI=1S/C21H21N3O4S3/c1-12-6-4-7-13(2)18(12)24(14(3)25)20-22-15(11-30-20)10-16-19(28)23(21(29)31-16)9-5-8-17(26)27/h4,6-7,10-11H,5,8-9H2,1-3H3,(H,26,27). The molecule has 0 saturated carbocycles. The quantitative estimate of drug-likeness (QED) is 0.465. The van der Waals surface area contributed by atoms with Crippen molar-refractivity contribution in [1.82, 2.24) is 9.88 Å². The van der Waals surface area contributed by atoms with Gasteiger partial charge in [0.2, 0.25) is 5.91 Å². The van der Waals surface area contributed by atoms with Crippen LogP contribution in [0.3, 0.4) is 0 Å². The lowest BCUT2D eigenvalue weighted by atomic mass is 10.1. The van der Waals surface area contributed by atoms with Crippen molar-refractivity contribution in [3.8, 4) is 0 Å². The van der Waals surface area contributed by atoms with Gasteiger partial charge in [-0.2, -0.15) is 0 Å². The predicted octanol–water partition coefficient (Wildman–Crippen LogP) is 4.51. The summed E-state index contributed by atoms with van der Waals surface area (Å²) in [5.74, 6) is -1.31. The first-order valence-electron chi connectivity index (χ1n) is 9.48. The van der Waals surface area contributed by atoms with Gasteiger partial charge in [0.1, 0.15) is 4.32 Å². The number of thiazole rings is 1. The first-order valence-corrected chi connectivity index (χ1v) is 11.6. The fourth-order valence-corrected chi connectivity index (χ4v) is 5.33. The predicted molar refractivity (Wildman–Crippen MR) is 128 cm³/mol. The zero-order chi connectivity index (χ0) is 22.7. The monoisotopic (exact) mass is 475 g/mol. The van der Waals surface area contributed by atoms with E-state index in [-0.39, 0.29) is 24.8 Å². The first kappa shape index (κ1) is 23.1. The molecule has 1 aliphatic rings. The van der Waals surface area contributed by atoms with Crippen LogP contribution in [0, 0.1) is 13.8 Å². The molecule has 0 spiro atoms. The molecule has 10 heteroatoms. The second-order valence-electron chi connectivity index (χ2n) is 6.98. The SMILES string of the molecule is CC(=O)N(c1nc(C=C2SC(=S)N(CCCC(=O)O)C2=O)cs1)c1c(C)cccc1C. The minimum Gasteiger partial charge on any atom is -0.481 e. The molecule has 1 aromatic heterocycles. The van der Waals surface area contributed by atoms with Crippen LogP contribution >= 0.6 is 35.3 Å².